The zero-order valence-electron chi connectivity index (χ0n) is 9.48. The lowest BCUT2D eigenvalue weighted by Crippen LogP contribution is -2.24. The fourth-order valence-corrected chi connectivity index (χ4v) is 1.88. The molecule has 2 aromatic heterocycles. The number of amides is 1. The van der Waals surface area contributed by atoms with E-state index in [1.165, 1.54) is 0 Å². The smallest absolute Gasteiger partial charge is 0.239 e. The summed E-state index contributed by atoms with van der Waals surface area (Å²) in [5, 5.41) is 2.60. The molecule has 1 N–H and O–H groups in total. The van der Waals surface area contributed by atoms with Crippen LogP contribution in [0.25, 0.3) is 11.0 Å². The van der Waals surface area contributed by atoms with E-state index in [-0.39, 0.29) is 12.5 Å². The molecule has 0 bridgehead atoms. The van der Waals surface area contributed by atoms with Crippen LogP contribution in [-0.4, -0.2) is 33.4 Å². The molecule has 5 nitrogen and oxygen atoms in total. The minimum absolute atomic E-state index is 0.0584. The Morgan fingerprint density at radius 1 is 1.59 bits per heavy atom. The minimum Gasteiger partial charge on any atom is -0.358 e. The van der Waals surface area contributed by atoms with Gasteiger partial charge in [-0.15, -0.1) is 11.6 Å². The molecule has 1 amide bonds. The lowest BCUT2D eigenvalue weighted by molar-refractivity contribution is -0.121. The van der Waals surface area contributed by atoms with Crippen LogP contribution in [0.1, 0.15) is 5.82 Å². The summed E-state index contributed by atoms with van der Waals surface area (Å²) in [7, 11) is 1.62. The van der Waals surface area contributed by atoms with Gasteiger partial charge in [0, 0.05) is 25.5 Å². The summed E-state index contributed by atoms with van der Waals surface area (Å²) in [6.07, 6.45) is 4.01. The summed E-state index contributed by atoms with van der Waals surface area (Å²) in [5.74, 6) is 1.23. The Labute approximate surface area is 104 Å². The van der Waals surface area contributed by atoms with Crippen molar-refractivity contribution in [1.82, 2.24) is 19.9 Å². The molecule has 0 fully saturated rings. The van der Waals surface area contributed by atoms with E-state index in [1.54, 1.807) is 19.4 Å². The van der Waals surface area contributed by atoms with Gasteiger partial charge in [-0.25, -0.2) is 4.98 Å². The number of halogens is 1. The summed E-state index contributed by atoms with van der Waals surface area (Å²) in [6, 6.07) is 1.85. The van der Waals surface area contributed by atoms with Gasteiger partial charge in [0.05, 0.1) is 11.7 Å². The van der Waals surface area contributed by atoms with E-state index < -0.39 is 0 Å². The van der Waals surface area contributed by atoms with Gasteiger partial charge in [0.15, 0.2) is 0 Å². The second-order valence-electron chi connectivity index (χ2n) is 3.59. The Balaban J connectivity index is 2.47. The van der Waals surface area contributed by atoms with Crippen molar-refractivity contribution < 1.29 is 4.79 Å². The molecule has 0 radical (unpaired) electrons. The van der Waals surface area contributed by atoms with E-state index in [0.717, 1.165) is 16.9 Å². The zero-order chi connectivity index (χ0) is 12.3. The van der Waals surface area contributed by atoms with Gasteiger partial charge in [-0.2, -0.15) is 0 Å². The summed E-state index contributed by atoms with van der Waals surface area (Å²) in [6.45, 7) is 0.253. The Bertz CT molecular complexity index is 537. The highest BCUT2D eigenvalue weighted by Gasteiger charge is 2.12. The Morgan fingerprint density at radius 2 is 2.41 bits per heavy atom. The Hall–Kier alpha value is -1.62. The topological polar surface area (TPSA) is 59.8 Å². The van der Waals surface area contributed by atoms with Crippen LogP contribution in [-0.2, 0) is 17.8 Å². The average molecular weight is 253 g/mol. The maximum atomic E-state index is 11.5. The number of hydrogen-bond donors (Lipinski definition) is 1. The molecule has 17 heavy (non-hydrogen) atoms. The summed E-state index contributed by atoms with van der Waals surface area (Å²) < 4.78 is 1.87. The number of hydrogen-bond acceptors (Lipinski definition) is 3. The van der Waals surface area contributed by atoms with Crippen LogP contribution in [0.15, 0.2) is 18.5 Å². The molecule has 0 saturated carbocycles. The summed E-state index contributed by atoms with van der Waals surface area (Å²) >= 11 is 5.74. The van der Waals surface area contributed by atoms with Crippen LogP contribution >= 0.6 is 11.6 Å². The number of aromatic nitrogens is 3. The van der Waals surface area contributed by atoms with Crippen molar-refractivity contribution in [3.63, 3.8) is 0 Å². The fourth-order valence-electron chi connectivity index (χ4n) is 1.71. The maximum absolute atomic E-state index is 11.5. The number of carbonyl (C=O) groups is 1. The van der Waals surface area contributed by atoms with E-state index in [2.05, 4.69) is 15.3 Å². The van der Waals surface area contributed by atoms with Crippen molar-refractivity contribution in [1.29, 1.82) is 0 Å². The molecule has 0 saturated heterocycles. The number of likely N-dealkylation sites (N-methyl/N-ethyl adjacent to an activating group) is 1. The minimum atomic E-state index is -0.0584. The van der Waals surface area contributed by atoms with Gasteiger partial charge in [0.1, 0.15) is 17.9 Å². The van der Waals surface area contributed by atoms with Crippen molar-refractivity contribution >= 4 is 28.5 Å². The molecule has 0 unspecified atom stereocenters. The van der Waals surface area contributed by atoms with E-state index in [1.807, 2.05) is 10.6 Å². The van der Waals surface area contributed by atoms with Crippen LogP contribution in [0.4, 0.5) is 0 Å². The molecule has 0 atom stereocenters. The first-order chi connectivity index (χ1) is 8.26. The predicted octanol–water partition coefficient (Wildman–Crippen LogP) is 0.959. The van der Waals surface area contributed by atoms with Crippen molar-refractivity contribution in [3.05, 3.63) is 24.3 Å². The summed E-state index contributed by atoms with van der Waals surface area (Å²) in [5.41, 5.74) is 1.69. The lowest BCUT2D eigenvalue weighted by Gasteiger charge is -2.06. The molecule has 90 valence electrons. The quantitative estimate of drug-likeness (QED) is 0.825. The third kappa shape index (κ3) is 2.39. The molecule has 0 aliphatic rings. The van der Waals surface area contributed by atoms with Crippen molar-refractivity contribution in [3.8, 4) is 0 Å². The van der Waals surface area contributed by atoms with Crippen molar-refractivity contribution in [2.45, 2.75) is 13.0 Å². The highest BCUT2D eigenvalue weighted by atomic mass is 35.5. The number of nitrogens with zero attached hydrogens (tertiary/aromatic N) is 3. The van der Waals surface area contributed by atoms with Gasteiger partial charge < -0.3 is 9.88 Å². The van der Waals surface area contributed by atoms with E-state index in [4.69, 9.17) is 11.6 Å². The Kier molecular flexibility index (Phi) is 3.58. The van der Waals surface area contributed by atoms with Crippen LogP contribution in [0, 0.1) is 0 Å². The van der Waals surface area contributed by atoms with Gasteiger partial charge in [-0.3, -0.25) is 9.78 Å². The lowest BCUT2D eigenvalue weighted by atomic mass is 10.4. The first-order valence-electron chi connectivity index (χ1n) is 5.32. The van der Waals surface area contributed by atoms with E-state index in [0.29, 0.717) is 12.3 Å². The standard InChI is InChI=1S/C11H13ClN4O/c1-13-11(17)7-16-9-3-5-14-6-8(9)15-10(16)2-4-12/h3,5-6H,2,4,7H2,1H3,(H,13,17). The Morgan fingerprint density at radius 3 is 3.12 bits per heavy atom. The van der Waals surface area contributed by atoms with Gasteiger partial charge in [-0.05, 0) is 6.07 Å². The third-order valence-corrected chi connectivity index (χ3v) is 2.72. The molecule has 0 spiro atoms. The first kappa shape index (κ1) is 11.9. The number of nitrogens with one attached hydrogen (secondary N) is 1. The highest BCUT2D eigenvalue weighted by molar-refractivity contribution is 6.17. The summed E-state index contributed by atoms with van der Waals surface area (Å²) in [4.78, 5) is 19.9. The first-order valence-corrected chi connectivity index (χ1v) is 5.85. The molecule has 2 heterocycles. The number of alkyl halides is 1. The molecule has 0 aliphatic heterocycles. The van der Waals surface area contributed by atoms with Crippen molar-refractivity contribution in [2.75, 3.05) is 12.9 Å². The molecule has 2 rings (SSSR count). The largest absolute Gasteiger partial charge is 0.358 e. The second-order valence-corrected chi connectivity index (χ2v) is 3.97. The van der Waals surface area contributed by atoms with E-state index >= 15 is 0 Å². The normalized spacial score (nSPS) is 10.7. The third-order valence-electron chi connectivity index (χ3n) is 2.53. The van der Waals surface area contributed by atoms with Crippen LogP contribution in [0.2, 0.25) is 0 Å². The molecular weight excluding hydrogens is 240 g/mol. The number of carbonyl (C=O) groups excluding carboxylic acids is 1. The molecule has 2 aromatic rings. The number of fused-ring (bicyclic) bond motifs is 1. The van der Waals surface area contributed by atoms with Gasteiger partial charge in [0.25, 0.3) is 0 Å². The van der Waals surface area contributed by atoms with Gasteiger partial charge >= 0.3 is 0 Å². The molecule has 6 heteroatoms. The molecular formula is C11H13ClN4O. The monoisotopic (exact) mass is 252 g/mol. The van der Waals surface area contributed by atoms with Crippen LogP contribution in [0.3, 0.4) is 0 Å². The predicted molar refractivity (Wildman–Crippen MR) is 66.0 cm³/mol. The van der Waals surface area contributed by atoms with E-state index in [9.17, 15) is 4.79 Å². The maximum Gasteiger partial charge on any atom is 0.239 e. The highest BCUT2D eigenvalue weighted by Crippen LogP contribution is 2.15. The average Bonchev–Trinajstić information content (AvgIpc) is 2.68. The van der Waals surface area contributed by atoms with Crippen molar-refractivity contribution in [2.24, 2.45) is 0 Å². The second kappa shape index (κ2) is 5.14. The van der Waals surface area contributed by atoms with Crippen LogP contribution in [0.5, 0.6) is 0 Å². The number of rotatable bonds is 4. The number of aryl methyl sites for hydroxylation is 1. The van der Waals surface area contributed by atoms with Crippen LogP contribution < -0.4 is 5.32 Å². The molecule has 0 aliphatic carbocycles. The number of imidazole rings is 1. The fraction of sp³-hybridized carbons (Fsp3) is 0.364. The number of pyridine rings is 1. The zero-order valence-corrected chi connectivity index (χ0v) is 10.2. The SMILES string of the molecule is CNC(=O)Cn1c(CCCl)nc2cnccc21. The van der Waals surface area contributed by atoms with Gasteiger partial charge in [0.2, 0.25) is 5.91 Å². The molecule has 0 aromatic carbocycles. The van der Waals surface area contributed by atoms with Gasteiger partial charge in [-0.1, -0.05) is 0 Å².